The highest BCUT2D eigenvalue weighted by atomic mass is 16.5. The number of ether oxygens (including phenoxy) is 1. The molecule has 0 spiro atoms. The van der Waals surface area contributed by atoms with Crippen molar-refractivity contribution in [2.24, 2.45) is 0 Å². The van der Waals surface area contributed by atoms with E-state index in [-0.39, 0.29) is 34.9 Å². The predicted octanol–water partition coefficient (Wildman–Crippen LogP) is 4.09. The zero-order valence-corrected chi connectivity index (χ0v) is 16.7. The van der Waals surface area contributed by atoms with E-state index in [1.165, 1.54) is 25.3 Å². The summed E-state index contributed by atoms with van der Waals surface area (Å²) in [6.45, 7) is 0. The van der Waals surface area contributed by atoms with E-state index in [2.05, 4.69) is 0 Å². The molecule has 0 aliphatic rings. The van der Waals surface area contributed by atoms with E-state index in [9.17, 15) is 19.5 Å². The number of benzene rings is 2. The van der Waals surface area contributed by atoms with E-state index in [0.717, 1.165) is 5.52 Å². The molecular weight excluding hydrogens is 394 g/mol. The molecule has 1 N–H and O–H groups in total. The largest absolute Gasteiger partial charge is 0.508 e. The number of aromatic nitrogens is 1. The molecule has 4 rings (SSSR count). The Morgan fingerprint density at radius 2 is 1.65 bits per heavy atom. The first kappa shape index (κ1) is 20.1. The molecule has 2 aromatic carbocycles. The molecule has 6 heteroatoms. The van der Waals surface area contributed by atoms with Gasteiger partial charge in [0.25, 0.3) is 0 Å². The van der Waals surface area contributed by atoms with Crippen molar-refractivity contribution < 1.29 is 24.2 Å². The van der Waals surface area contributed by atoms with E-state index >= 15 is 0 Å². The Balaban J connectivity index is 1.82. The Bertz CT molecular complexity index is 1320. The third-order valence-electron chi connectivity index (χ3n) is 5.07. The van der Waals surface area contributed by atoms with E-state index in [0.29, 0.717) is 16.8 Å². The van der Waals surface area contributed by atoms with Gasteiger partial charge in [0.2, 0.25) is 5.78 Å². The summed E-state index contributed by atoms with van der Waals surface area (Å²) in [5, 5.41) is 9.69. The number of phenols is 1. The molecule has 154 valence electrons. The number of hydrogen-bond acceptors (Lipinski definition) is 5. The summed E-state index contributed by atoms with van der Waals surface area (Å²) in [6, 6.07) is 19.8. The van der Waals surface area contributed by atoms with Gasteiger partial charge in [-0.3, -0.25) is 9.59 Å². The van der Waals surface area contributed by atoms with Crippen molar-refractivity contribution in [1.82, 2.24) is 4.40 Å². The predicted molar refractivity (Wildman–Crippen MR) is 115 cm³/mol. The van der Waals surface area contributed by atoms with Crippen LogP contribution in [-0.4, -0.2) is 34.2 Å². The molecule has 0 atom stereocenters. The molecule has 0 saturated carbocycles. The highest BCUT2D eigenvalue weighted by molar-refractivity contribution is 6.15. The molecule has 31 heavy (non-hydrogen) atoms. The molecule has 2 heterocycles. The molecule has 0 radical (unpaired) electrons. The number of aromatic hydroxyl groups is 1. The molecule has 0 unspecified atom stereocenters. The molecule has 4 aromatic rings. The van der Waals surface area contributed by atoms with E-state index in [4.69, 9.17) is 4.74 Å². The van der Waals surface area contributed by atoms with E-state index < -0.39 is 5.97 Å². The number of phenolic OH excluding ortho intramolecular Hbond substituents is 1. The Hall–Kier alpha value is -4.19. The molecule has 0 aliphatic carbocycles. The summed E-state index contributed by atoms with van der Waals surface area (Å²) in [4.78, 5) is 38.6. The number of rotatable bonds is 6. The van der Waals surface area contributed by atoms with Crippen LogP contribution in [0.4, 0.5) is 0 Å². The van der Waals surface area contributed by atoms with Gasteiger partial charge in [0, 0.05) is 29.3 Å². The summed E-state index contributed by atoms with van der Waals surface area (Å²) >= 11 is 0. The Morgan fingerprint density at radius 1 is 0.903 bits per heavy atom. The number of ketones is 2. The van der Waals surface area contributed by atoms with Gasteiger partial charge in [0.05, 0.1) is 18.4 Å². The lowest BCUT2D eigenvalue weighted by Crippen LogP contribution is -2.15. The fraction of sp³-hybridized carbons (Fsp3) is 0.0800. The fourth-order valence-electron chi connectivity index (χ4n) is 3.62. The number of nitrogens with zero attached hydrogens (tertiary/aromatic N) is 1. The van der Waals surface area contributed by atoms with Crippen LogP contribution >= 0.6 is 0 Å². The van der Waals surface area contributed by atoms with Gasteiger partial charge in [0.1, 0.15) is 5.75 Å². The average Bonchev–Trinajstić information content (AvgIpc) is 3.15. The normalized spacial score (nSPS) is 10.7. The summed E-state index contributed by atoms with van der Waals surface area (Å²) in [7, 11) is 1.26. The number of methoxy groups -OCH3 is 1. The molecular formula is C25H19NO5. The molecule has 0 aliphatic heterocycles. The third-order valence-corrected chi connectivity index (χ3v) is 5.07. The number of carbonyl (C=O) groups excluding carboxylic acids is 3. The second kappa shape index (κ2) is 8.28. The van der Waals surface area contributed by atoms with Crippen LogP contribution < -0.4 is 0 Å². The maximum atomic E-state index is 13.6. The maximum absolute atomic E-state index is 13.6. The van der Waals surface area contributed by atoms with Crippen molar-refractivity contribution in [1.29, 1.82) is 0 Å². The topological polar surface area (TPSA) is 85.1 Å². The van der Waals surface area contributed by atoms with Gasteiger partial charge in [-0.1, -0.05) is 36.4 Å². The standard InChI is InChI=1S/C25H19NO5/c1-31-25(30)21-11-3-2-10-20(21)24(29)23-17(13-18-8-4-5-12-26(18)23)15-22(28)16-7-6-9-19(27)14-16/h2-14,27H,15H2,1H3. The Kier molecular flexibility index (Phi) is 5.37. The lowest BCUT2D eigenvalue weighted by atomic mass is 9.96. The SMILES string of the molecule is COC(=O)c1ccccc1C(=O)c1c(CC(=O)c2cccc(O)c2)cc2ccccn12. The first-order valence-electron chi connectivity index (χ1n) is 9.63. The molecule has 0 fully saturated rings. The second-order valence-corrected chi connectivity index (χ2v) is 7.03. The van der Waals surface area contributed by atoms with Crippen LogP contribution in [0.15, 0.2) is 79.0 Å². The molecule has 0 amide bonds. The first-order valence-corrected chi connectivity index (χ1v) is 9.63. The van der Waals surface area contributed by atoms with Crippen LogP contribution in [0.25, 0.3) is 5.52 Å². The minimum absolute atomic E-state index is 0.00352. The summed E-state index contributed by atoms with van der Waals surface area (Å²) < 4.78 is 6.53. The van der Waals surface area contributed by atoms with Crippen molar-refractivity contribution in [3.63, 3.8) is 0 Å². The van der Waals surface area contributed by atoms with Crippen LogP contribution in [0, 0.1) is 0 Å². The van der Waals surface area contributed by atoms with Crippen molar-refractivity contribution >= 4 is 23.1 Å². The lowest BCUT2D eigenvalue weighted by molar-refractivity contribution is 0.0597. The Morgan fingerprint density at radius 3 is 2.39 bits per heavy atom. The van der Waals surface area contributed by atoms with Gasteiger partial charge in [0.15, 0.2) is 5.78 Å². The zero-order chi connectivity index (χ0) is 22.0. The third kappa shape index (κ3) is 3.83. The van der Waals surface area contributed by atoms with E-state index in [1.807, 2.05) is 12.1 Å². The van der Waals surface area contributed by atoms with E-state index in [1.54, 1.807) is 53.1 Å². The number of fused-ring (bicyclic) bond motifs is 1. The molecule has 2 aromatic heterocycles. The number of esters is 1. The van der Waals surface area contributed by atoms with Crippen molar-refractivity contribution in [3.8, 4) is 5.75 Å². The maximum Gasteiger partial charge on any atom is 0.338 e. The van der Waals surface area contributed by atoms with Crippen molar-refractivity contribution in [3.05, 3.63) is 107 Å². The monoisotopic (exact) mass is 413 g/mol. The van der Waals surface area contributed by atoms with Crippen LogP contribution in [0.5, 0.6) is 5.75 Å². The first-order chi connectivity index (χ1) is 15.0. The van der Waals surface area contributed by atoms with Crippen LogP contribution in [0.3, 0.4) is 0 Å². The van der Waals surface area contributed by atoms with Crippen LogP contribution in [-0.2, 0) is 11.2 Å². The zero-order valence-electron chi connectivity index (χ0n) is 16.7. The summed E-state index contributed by atoms with van der Waals surface area (Å²) in [6.07, 6.45) is 1.71. The van der Waals surface area contributed by atoms with Gasteiger partial charge < -0.3 is 14.2 Å². The van der Waals surface area contributed by atoms with Gasteiger partial charge in [-0.05, 0) is 42.0 Å². The van der Waals surface area contributed by atoms with Gasteiger partial charge >= 0.3 is 5.97 Å². The summed E-state index contributed by atoms with van der Waals surface area (Å²) in [5.74, 6) is -1.23. The molecule has 0 saturated heterocycles. The minimum Gasteiger partial charge on any atom is -0.508 e. The fourth-order valence-corrected chi connectivity index (χ4v) is 3.62. The van der Waals surface area contributed by atoms with Crippen molar-refractivity contribution in [2.45, 2.75) is 6.42 Å². The molecule has 6 nitrogen and oxygen atoms in total. The number of hydrogen-bond donors (Lipinski definition) is 1. The highest BCUT2D eigenvalue weighted by Crippen LogP contribution is 2.24. The highest BCUT2D eigenvalue weighted by Gasteiger charge is 2.25. The smallest absolute Gasteiger partial charge is 0.338 e. The van der Waals surface area contributed by atoms with Crippen molar-refractivity contribution in [2.75, 3.05) is 7.11 Å². The number of carbonyl (C=O) groups is 3. The number of Topliss-reactive ketones (excluding diaryl/α,β-unsaturated/α-hetero) is 1. The van der Waals surface area contributed by atoms with Gasteiger partial charge in [-0.15, -0.1) is 0 Å². The quantitative estimate of drug-likeness (QED) is 0.380. The molecule has 0 bridgehead atoms. The lowest BCUT2D eigenvalue weighted by Gasteiger charge is -2.10. The van der Waals surface area contributed by atoms with Gasteiger partial charge in [-0.25, -0.2) is 4.79 Å². The van der Waals surface area contributed by atoms with Gasteiger partial charge in [-0.2, -0.15) is 0 Å². The number of pyridine rings is 1. The average molecular weight is 413 g/mol. The minimum atomic E-state index is -0.609. The second-order valence-electron chi connectivity index (χ2n) is 7.03. The van der Waals surface area contributed by atoms with Crippen LogP contribution in [0.2, 0.25) is 0 Å². The van der Waals surface area contributed by atoms with Crippen LogP contribution in [0.1, 0.15) is 42.3 Å². The Labute approximate surface area is 178 Å². The summed E-state index contributed by atoms with van der Waals surface area (Å²) in [5.41, 5.74) is 2.30.